The van der Waals surface area contributed by atoms with Gasteiger partial charge in [0.15, 0.2) is 11.5 Å². The number of aromatic nitrogens is 2. The number of aliphatic hydroxyl groups is 1. The molecule has 0 amide bonds. The molecular weight excluding hydrogens is 320 g/mol. The average molecular weight is 342 g/mol. The van der Waals surface area contributed by atoms with Crippen LogP contribution >= 0.6 is 0 Å². The largest absolute Gasteiger partial charge is 0.493 e. The second kappa shape index (κ2) is 7.44. The predicted octanol–water partition coefficient (Wildman–Crippen LogP) is 2.80. The monoisotopic (exact) mass is 342 g/mol. The Bertz CT molecular complexity index is 838. The Labute approximate surface area is 146 Å². The molecule has 0 spiro atoms. The molecule has 0 aliphatic carbocycles. The van der Waals surface area contributed by atoms with Gasteiger partial charge in [-0.15, -0.1) is 0 Å². The van der Waals surface area contributed by atoms with Crippen LogP contribution in [-0.2, 0) is 6.54 Å². The molecule has 1 atom stereocenters. The van der Waals surface area contributed by atoms with Crippen molar-refractivity contribution in [1.82, 2.24) is 9.55 Å². The topological polar surface area (TPSA) is 65.7 Å². The molecule has 6 heteroatoms. The quantitative estimate of drug-likeness (QED) is 0.715. The minimum Gasteiger partial charge on any atom is -0.493 e. The first-order chi connectivity index (χ1) is 12.1. The van der Waals surface area contributed by atoms with Crippen molar-refractivity contribution in [1.29, 1.82) is 0 Å². The number of para-hydroxylation sites is 3. The number of benzene rings is 2. The van der Waals surface area contributed by atoms with Gasteiger partial charge in [0.2, 0.25) is 5.75 Å². The highest BCUT2D eigenvalue weighted by Crippen LogP contribution is 2.36. The Balaban J connectivity index is 1.73. The van der Waals surface area contributed by atoms with Crippen molar-refractivity contribution < 1.29 is 19.3 Å². The van der Waals surface area contributed by atoms with Crippen LogP contribution in [0.4, 0.5) is 0 Å². The zero-order chi connectivity index (χ0) is 17.8. The van der Waals surface area contributed by atoms with E-state index in [-0.39, 0.29) is 6.61 Å². The average Bonchev–Trinajstić information content (AvgIpc) is 2.95. The normalized spacial score (nSPS) is 12.2. The van der Waals surface area contributed by atoms with E-state index in [1.807, 2.05) is 41.8 Å². The fourth-order valence-corrected chi connectivity index (χ4v) is 2.83. The van der Waals surface area contributed by atoms with Crippen LogP contribution in [0.25, 0.3) is 11.0 Å². The molecule has 0 unspecified atom stereocenters. The summed E-state index contributed by atoms with van der Waals surface area (Å²) in [6, 6.07) is 13.3. The third-order valence-electron chi connectivity index (χ3n) is 4.04. The number of hydrogen-bond acceptors (Lipinski definition) is 5. The fraction of sp³-hybridized carbons (Fsp3) is 0.316. The van der Waals surface area contributed by atoms with Gasteiger partial charge in [0, 0.05) is 0 Å². The summed E-state index contributed by atoms with van der Waals surface area (Å²) in [5.41, 5.74) is 1.91. The summed E-state index contributed by atoms with van der Waals surface area (Å²) in [6.45, 7) is 2.43. The molecule has 3 aromatic rings. The third kappa shape index (κ3) is 3.53. The fourth-order valence-electron chi connectivity index (χ4n) is 2.83. The van der Waals surface area contributed by atoms with E-state index >= 15 is 0 Å². The number of imidazole rings is 1. The number of aryl methyl sites for hydroxylation is 1. The standard InChI is InChI=1S/C19H22N2O4/c1-13-20-15-7-4-5-8-16(15)21(13)11-14(22)12-25-19-17(23-2)9-6-10-18(19)24-3/h4-10,14,22H,11-12H2,1-3H3/t14-/m1/s1. The highest BCUT2D eigenvalue weighted by atomic mass is 16.5. The smallest absolute Gasteiger partial charge is 0.203 e. The molecule has 0 aliphatic heterocycles. The Kier molecular flexibility index (Phi) is 5.09. The van der Waals surface area contributed by atoms with Gasteiger partial charge in [-0.25, -0.2) is 4.98 Å². The molecule has 0 bridgehead atoms. The van der Waals surface area contributed by atoms with E-state index in [1.54, 1.807) is 26.4 Å². The van der Waals surface area contributed by atoms with Crippen molar-refractivity contribution in [2.45, 2.75) is 19.6 Å². The molecule has 0 fully saturated rings. The third-order valence-corrected chi connectivity index (χ3v) is 4.04. The first-order valence-electron chi connectivity index (χ1n) is 8.07. The van der Waals surface area contributed by atoms with Crippen LogP contribution in [0.15, 0.2) is 42.5 Å². The molecule has 0 aliphatic rings. The summed E-state index contributed by atoms with van der Waals surface area (Å²) in [5.74, 6) is 2.47. The van der Waals surface area contributed by atoms with Crippen LogP contribution in [0.1, 0.15) is 5.82 Å². The van der Waals surface area contributed by atoms with Crippen LogP contribution in [-0.4, -0.2) is 41.6 Å². The van der Waals surface area contributed by atoms with Crippen LogP contribution in [0.2, 0.25) is 0 Å². The van der Waals surface area contributed by atoms with E-state index in [2.05, 4.69) is 4.98 Å². The molecular formula is C19H22N2O4. The first kappa shape index (κ1) is 17.1. The predicted molar refractivity (Wildman–Crippen MR) is 95.5 cm³/mol. The van der Waals surface area contributed by atoms with E-state index < -0.39 is 6.10 Å². The summed E-state index contributed by atoms with van der Waals surface area (Å²) in [5, 5.41) is 10.4. The molecule has 6 nitrogen and oxygen atoms in total. The lowest BCUT2D eigenvalue weighted by Gasteiger charge is -2.17. The zero-order valence-corrected chi connectivity index (χ0v) is 14.6. The molecule has 1 heterocycles. The number of rotatable bonds is 7. The maximum Gasteiger partial charge on any atom is 0.203 e. The van der Waals surface area contributed by atoms with Crippen molar-refractivity contribution in [2.75, 3.05) is 20.8 Å². The highest BCUT2D eigenvalue weighted by molar-refractivity contribution is 5.75. The van der Waals surface area contributed by atoms with Crippen molar-refractivity contribution in [3.8, 4) is 17.2 Å². The lowest BCUT2D eigenvalue weighted by atomic mass is 10.3. The number of nitrogens with zero attached hydrogens (tertiary/aromatic N) is 2. The van der Waals surface area contributed by atoms with Gasteiger partial charge in [-0.05, 0) is 31.2 Å². The molecule has 0 saturated carbocycles. The summed E-state index contributed by atoms with van der Waals surface area (Å²) in [7, 11) is 3.14. The zero-order valence-electron chi connectivity index (χ0n) is 14.6. The van der Waals surface area contributed by atoms with Crippen molar-refractivity contribution in [2.24, 2.45) is 0 Å². The van der Waals surface area contributed by atoms with Crippen LogP contribution in [0.5, 0.6) is 17.2 Å². The van der Waals surface area contributed by atoms with E-state index in [1.165, 1.54) is 0 Å². The highest BCUT2D eigenvalue weighted by Gasteiger charge is 2.16. The minimum atomic E-state index is -0.703. The van der Waals surface area contributed by atoms with Gasteiger partial charge >= 0.3 is 0 Å². The molecule has 1 N–H and O–H groups in total. The van der Waals surface area contributed by atoms with Gasteiger partial charge < -0.3 is 23.9 Å². The Morgan fingerprint density at radius 3 is 2.40 bits per heavy atom. The van der Waals surface area contributed by atoms with Crippen molar-refractivity contribution in [3.63, 3.8) is 0 Å². The molecule has 2 aromatic carbocycles. The molecule has 132 valence electrons. The van der Waals surface area contributed by atoms with Crippen molar-refractivity contribution in [3.05, 3.63) is 48.3 Å². The van der Waals surface area contributed by atoms with E-state index in [9.17, 15) is 5.11 Å². The summed E-state index contributed by atoms with van der Waals surface area (Å²) in [6.07, 6.45) is -0.703. The van der Waals surface area contributed by atoms with Crippen LogP contribution in [0, 0.1) is 6.92 Å². The summed E-state index contributed by atoms with van der Waals surface area (Å²) in [4.78, 5) is 4.51. The SMILES string of the molecule is COc1cccc(OC)c1OC[C@H](O)Cn1c(C)nc2ccccc21. The molecule has 3 rings (SSSR count). The lowest BCUT2D eigenvalue weighted by molar-refractivity contribution is 0.0898. The van der Waals surface area contributed by atoms with Crippen LogP contribution in [0.3, 0.4) is 0 Å². The van der Waals surface area contributed by atoms with Gasteiger partial charge in [0.25, 0.3) is 0 Å². The number of aliphatic hydroxyl groups excluding tert-OH is 1. The maximum atomic E-state index is 10.4. The van der Waals surface area contributed by atoms with E-state index in [0.29, 0.717) is 23.8 Å². The lowest BCUT2D eigenvalue weighted by Crippen LogP contribution is -2.24. The molecule has 0 saturated heterocycles. The van der Waals surface area contributed by atoms with Gasteiger partial charge in [-0.1, -0.05) is 18.2 Å². The first-order valence-corrected chi connectivity index (χ1v) is 8.07. The summed E-state index contributed by atoms with van der Waals surface area (Å²) < 4.78 is 18.4. The second-order valence-electron chi connectivity index (χ2n) is 5.71. The minimum absolute atomic E-state index is 0.114. The second-order valence-corrected chi connectivity index (χ2v) is 5.71. The van der Waals surface area contributed by atoms with Crippen LogP contribution < -0.4 is 14.2 Å². The molecule has 0 radical (unpaired) electrons. The number of hydrogen-bond donors (Lipinski definition) is 1. The van der Waals surface area contributed by atoms with Gasteiger partial charge in [0.1, 0.15) is 18.5 Å². The Morgan fingerprint density at radius 2 is 1.72 bits per heavy atom. The van der Waals surface area contributed by atoms with Gasteiger partial charge in [0.05, 0.1) is 31.8 Å². The van der Waals surface area contributed by atoms with Gasteiger partial charge in [-0.2, -0.15) is 0 Å². The van der Waals surface area contributed by atoms with E-state index in [4.69, 9.17) is 14.2 Å². The molecule has 1 aromatic heterocycles. The number of fused-ring (bicyclic) bond motifs is 1. The molecule has 25 heavy (non-hydrogen) atoms. The Hall–Kier alpha value is -2.73. The Morgan fingerprint density at radius 1 is 1.04 bits per heavy atom. The number of ether oxygens (including phenoxy) is 3. The van der Waals surface area contributed by atoms with E-state index in [0.717, 1.165) is 16.9 Å². The number of methoxy groups -OCH3 is 2. The van der Waals surface area contributed by atoms with Crippen molar-refractivity contribution >= 4 is 11.0 Å². The van der Waals surface area contributed by atoms with Gasteiger partial charge in [-0.3, -0.25) is 0 Å². The maximum absolute atomic E-state index is 10.4. The summed E-state index contributed by atoms with van der Waals surface area (Å²) >= 11 is 0.